The van der Waals surface area contributed by atoms with Gasteiger partial charge in [-0.25, -0.2) is 0 Å². The van der Waals surface area contributed by atoms with Gasteiger partial charge in [-0.2, -0.15) is 0 Å². The van der Waals surface area contributed by atoms with Crippen LogP contribution in [0.25, 0.3) is 0 Å². The van der Waals surface area contributed by atoms with Crippen molar-refractivity contribution in [1.29, 1.82) is 0 Å². The Morgan fingerprint density at radius 2 is 1.64 bits per heavy atom. The lowest BCUT2D eigenvalue weighted by atomic mass is 9.68. The molecule has 112 valence electrons. The number of hydrogen-bond acceptors (Lipinski definition) is 2. The predicted octanol–water partition coefficient (Wildman–Crippen LogP) is 4.15. The molecule has 1 aliphatic carbocycles. The molecule has 2 aromatic carbocycles. The van der Waals surface area contributed by atoms with Crippen LogP contribution in [0.2, 0.25) is 0 Å². The van der Waals surface area contributed by atoms with Crippen LogP contribution in [0.5, 0.6) is 0 Å². The Morgan fingerprint density at radius 1 is 0.955 bits per heavy atom. The lowest BCUT2D eigenvalue weighted by molar-refractivity contribution is -0.0208. The zero-order chi connectivity index (χ0) is 15.0. The molecule has 1 N–H and O–H groups in total. The summed E-state index contributed by atoms with van der Waals surface area (Å²) in [5.41, 5.74) is 2.78. The third-order valence-corrected chi connectivity index (χ3v) is 5.15. The van der Waals surface area contributed by atoms with Gasteiger partial charge in [0.1, 0.15) is 0 Å². The second-order valence-electron chi connectivity index (χ2n) is 6.63. The van der Waals surface area contributed by atoms with E-state index in [1.807, 2.05) is 18.2 Å². The van der Waals surface area contributed by atoms with E-state index >= 15 is 0 Å². The normalized spacial score (nSPS) is 30.7. The summed E-state index contributed by atoms with van der Waals surface area (Å²) in [6.45, 7) is 0. The van der Waals surface area contributed by atoms with Gasteiger partial charge in [-0.05, 0) is 42.2 Å². The van der Waals surface area contributed by atoms with Crippen LogP contribution in [0.1, 0.15) is 42.7 Å². The van der Waals surface area contributed by atoms with E-state index < -0.39 is 5.72 Å². The highest BCUT2D eigenvalue weighted by Gasteiger charge is 2.43. The van der Waals surface area contributed by atoms with Gasteiger partial charge in [0.15, 0.2) is 5.72 Å². The number of rotatable bonds is 2. The Labute approximate surface area is 131 Å². The van der Waals surface area contributed by atoms with E-state index in [0.717, 1.165) is 37.0 Å². The molecule has 0 spiro atoms. The summed E-state index contributed by atoms with van der Waals surface area (Å²) in [4.78, 5) is 4.70. The Bertz CT molecular complexity index is 679. The fourth-order valence-corrected chi connectivity index (χ4v) is 4.10. The van der Waals surface area contributed by atoms with Crippen molar-refractivity contribution in [3.8, 4) is 0 Å². The molecule has 1 heterocycles. The summed E-state index contributed by atoms with van der Waals surface area (Å²) < 4.78 is 0. The predicted molar refractivity (Wildman–Crippen MR) is 89.1 cm³/mol. The lowest BCUT2D eigenvalue weighted by Gasteiger charge is -2.43. The fourth-order valence-electron chi connectivity index (χ4n) is 4.10. The number of benzene rings is 2. The maximum absolute atomic E-state index is 10.8. The average Bonchev–Trinajstić information content (AvgIpc) is 2.56. The van der Waals surface area contributed by atoms with Gasteiger partial charge >= 0.3 is 0 Å². The third-order valence-electron chi connectivity index (χ3n) is 5.15. The molecule has 3 unspecified atom stereocenters. The third kappa shape index (κ3) is 2.48. The number of fused-ring (bicyclic) bond motifs is 2. The maximum atomic E-state index is 10.8. The number of hydrogen-bond donors (Lipinski definition) is 1. The zero-order valence-corrected chi connectivity index (χ0v) is 12.7. The Balaban J connectivity index is 1.67. The van der Waals surface area contributed by atoms with E-state index in [-0.39, 0.29) is 0 Å². The summed E-state index contributed by atoms with van der Waals surface area (Å²) >= 11 is 0. The van der Waals surface area contributed by atoms with Gasteiger partial charge in [-0.3, -0.25) is 4.99 Å². The van der Waals surface area contributed by atoms with Crippen molar-refractivity contribution in [2.45, 2.75) is 37.3 Å². The molecule has 2 nitrogen and oxygen atoms in total. The number of aliphatic imine (C=N–C) groups is 1. The van der Waals surface area contributed by atoms with Crippen molar-refractivity contribution in [1.82, 2.24) is 0 Å². The highest BCUT2D eigenvalue weighted by molar-refractivity contribution is 6.01. The van der Waals surface area contributed by atoms with Crippen LogP contribution in [-0.2, 0) is 0 Å². The van der Waals surface area contributed by atoms with Crippen molar-refractivity contribution in [3.05, 3.63) is 71.8 Å². The molecular weight excluding hydrogens is 270 g/mol. The molecule has 2 bridgehead atoms. The van der Waals surface area contributed by atoms with Crippen molar-refractivity contribution >= 4 is 5.71 Å². The summed E-state index contributed by atoms with van der Waals surface area (Å²) in [5, 5.41) is 10.8. The molecule has 0 radical (unpaired) electrons. The van der Waals surface area contributed by atoms with Crippen molar-refractivity contribution in [2.24, 2.45) is 10.9 Å². The van der Waals surface area contributed by atoms with E-state index in [4.69, 9.17) is 4.99 Å². The first kappa shape index (κ1) is 13.7. The SMILES string of the molecule is OC12CCC(c3ccccc3)C(CC(c3ccccc3)=N1)C2. The van der Waals surface area contributed by atoms with Crippen molar-refractivity contribution in [3.63, 3.8) is 0 Å². The molecule has 0 saturated heterocycles. The average molecular weight is 291 g/mol. The second kappa shape index (κ2) is 5.36. The minimum atomic E-state index is -0.848. The summed E-state index contributed by atoms with van der Waals surface area (Å²) in [7, 11) is 0. The van der Waals surface area contributed by atoms with Crippen LogP contribution in [0.15, 0.2) is 65.7 Å². The monoisotopic (exact) mass is 291 g/mol. The summed E-state index contributed by atoms with van der Waals surface area (Å²) in [6, 6.07) is 21.1. The van der Waals surface area contributed by atoms with Crippen LogP contribution in [0.3, 0.4) is 0 Å². The van der Waals surface area contributed by atoms with Gasteiger partial charge in [0.2, 0.25) is 0 Å². The molecular formula is C20H21NO. The highest BCUT2D eigenvalue weighted by atomic mass is 16.3. The fraction of sp³-hybridized carbons (Fsp3) is 0.350. The van der Waals surface area contributed by atoms with Crippen LogP contribution in [0, 0.1) is 5.92 Å². The lowest BCUT2D eigenvalue weighted by Crippen LogP contribution is -2.42. The quantitative estimate of drug-likeness (QED) is 0.885. The van der Waals surface area contributed by atoms with Crippen LogP contribution in [-0.4, -0.2) is 16.5 Å². The molecule has 0 amide bonds. The molecule has 1 fully saturated rings. The zero-order valence-electron chi connectivity index (χ0n) is 12.7. The van der Waals surface area contributed by atoms with Crippen LogP contribution in [0.4, 0.5) is 0 Å². The maximum Gasteiger partial charge on any atom is 0.156 e. The van der Waals surface area contributed by atoms with Gasteiger partial charge in [-0.15, -0.1) is 0 Å². The largest absolute Gasteiger partial charge is 0.369 e. The molecule has 22 heavy (non-hydrogen) atoms. The summed E-state index contributed by atoms with van der Waals surface area (Å²) in [6.07, 6.45) is 3.55. The first-order chi connectivity index (χ1) is 10.7. The molecule has 2 heteroatoms. The Kier molecular flexibility index (Phi) is 3.34. The first-order valence-corrected chi connectivity index (χ1v) is 8.15. The van der Waals surface area contributed by atoms with E-state index in [1.54, 1.807) is 0 Å². The van der Waals surface area contributed by atoms with Gasteiger partial charge in [-0.1, -0.05) is 60.7 Å². The van der Waals surface area contributed by atoms with E-state index in [0.29, 0.717) is 11.8 Å². The molecule has 4 rings (SSSR count). The summed E-state index contributed by atoms with van der Waals surface area (Å²) in [5.74, 6) is 1.02. The minimum absolute atomic E-state index is 0.480. The van der Waals surface area contributed by atoms with E-state index in [2.05, 4.69) is 42.5 Å². The Hall–Kier alpha value is -1.93. The molecule has 2 aliphatic rings. The molecule has 0 aromatic heterocycles. The van der Waals surface area contributed by atoms with Crippen molar-refractivity contribution < 1.29 is 5.11 Å². The molecule has 1 aliphatic heterocycles. The van der Waals surface area contributed by atoms with E-state index in [1.165, 1.54) is 5.56 Å². The van der Waals surface area contributed by atoms with E-state index in [9.17, 15) is 5.11 Å². The molecule has 3 atom stereocenters. The standard InChI is InChI=1S/C20H21NO/c22-20-12-11-18(15-7-3-1-4-8-15)17(14-20)13-19(21-20)16-9-5-2-6-10-16/h1-10,17-18,22H,11-14H2. The number of aliphatic hydroxyl groups is 1. The minimum Gasteiger partial charge on any atom is -0.369 e. The number of nitrogens with zero attached hydrogens (tertiary/aromatic N) is 1. The Morgan fingerprint density at radius 3 is 2.36 bits per heavy atom. The smallest absolute Gasteiger partial charge is 0.156 e. The van der Waals surface area contributed by atoms with Crippen molar-refractivity contribution in [2.75, 3.05) is 0 Å². The van der Waals surface area contributed by atoms with Crippen LogP contribution < -0.4 is 0 Å². The molecule has 2 aromatic rings. The van der Waals surface area contributed by atoms with Gasteiger partial charge in [0.25, 0.3) is 0 Å². The first-order valence-electron chi connectivity index (χ1n) is 8.15. The van der Waals surface area contributed by atoms with Gasteiger partial charge in [0.05, 0.1) is 0 Å². The van der Waals surface area contributed by atoms with Gasteiger partial charge in [0, 0.05) is 12.1 Å². The second-order valence-corrected chi connectivity index (χ2v) is 6.63. The van der Waals surface area contributed by atoms with Gasteiger partial charge < -0.3 is 5.11 Å². The molecule has 1 saturated carbocycles. The topological polar surface area (TPSA) is 32.6 Å². The van der Waals surface area contributed by atoms with Crippen LogP contribution >= 0.6 is 0 Å². The highest BCUT2D eigenvalue weighted by Crippen LogP contribution is 2.47.